The predicted octanol–water partition coefficient (Wildman–Crippen LogP) is 2.01. The molecular formula is C7H10BrNO. The number of phenolic OH excluding ortho intramolecular Hbond substituents is 1. The first-order valence-electron chi connectivity index (χ1n) is 2.79. The van der Waals surface area contributed by atoms with Crippen molar-refractivity contribution in [1.82, 2.24) is 0 Å². The fourth-order valence-electron chi connectivity index (χ4n) is 0.628. The van der Waals surface area contributed by atoms with Gasteiger partial charge in [-0.3, -0.25) is 0 Å². The smallest absolute Gasteiger partial charge is 0.115 e. The third kappa shape index (κ3) is 2.27. The molecule has 2 N–H and O–H groups in total. The van der Waals surface area contributed by atoms with Crippen LogP contribution in [0.4, 0.5) is 5.69 Å². The summed E-state index contributed by atoms with van der Waals surface area (Å²) in [7, 11) is 1.84. The standard InChI is InChI=1S/C7H9NO.BrH/c1-8-6-2-4-7(9)5-3-6;/h2-5,8-9H,1H3;1H. The monoisotopic (exact) mass is 203 g/mol. The van der Waals surface area contributed by atoms with Crippen molar-refractivity contribution in [3.05, 3.63) is 24.3 Å². The van der Waals surface area contributed by atoms with Crippen molar-refractivity contribution < 1.29 is 5.11 Å². The zero-order chi connectivity index (χ0) is 6.69. The molecule has 0 saturated carbocycles. The van der Waals surface area contributed by atoms with E-state index >= 15 is 0 Å². The van der Waals surface area contributed by atoms with Crippen molar-refractivity contribution in [1.29, 1.82) is 0 Å². The summed E-state index contributed by atoms with van der Waals surface area (Å²) in [5.41, 5.74) is 1.01. The first-order chi connectivity index (χ1) is 4.33. The van der Waals surface area contributed by atoms with Gasteiger partial charge in [-0.05, 0) is 24.3 Å². The molecule has 0 aliphatic carbocycles. The van der Waals surface area contributed by atoms with Crippen LogP contribution in [-0.2, 0) is 0 Å². The molecule has 0 atom stereocenters. The molecule has 2 nitrogen and oxygen atoms in total. The highest BCUT2D eigenvalue weighted by atomic mass is 79.9. The maximum Gasteiger partial charge on any atom is 0.115 e. The third-order valence-corrected chi connectivity index (χ3v) is 1.16. The minimum atomic E-state index is 0. The average molecular weight is 204 g/mol. The number of halogens is 1. The minimum Gasteiger partial charge on any atom is -0.508 e. The lowest BCUT2D eigenvalue weighted by molar-refractivity contribution is 0.475. The maximum absolute atomic E-state index is 8.82. The molecule has 0 amide bonds. The fourth-order valence-corrected chi connectivity index (χ4v) is 0.628. The zero-order valence-electron chi connectivity index (χ0n) is 5.66. The van der Waals surface area contributed by atoms with Crippen molar-refractivity contribution >= 4 is 22.7 Å². The van der Waals surface area contributed by atoms with E-state index in [9.17, 15) is 0 Å². The van der Waals surface area contributed by atoms with E-state index in [-0.39, 0.29) is 17.0 Å². The molecule has 1 aromatic rings. The van der Waals surface area contributed by atoms with E-state index in [0.29, 0.717) is 5.75 Å². The van der Waals surface area contributed by atoms with E-state index < -0.39 is 0 Å². The summed E-state index contributed by atoms with van der Waals surface area (Å²) < 4.78 is 0. The van der Waals surface area contributed by atoms with Crippen LogP contribution >= 0.6 is 17.0 Å². The van der Waals surface area contributed by atoms with E-state index in [1.807, 2.05) is 19.2 Å². The summed E-state index contributed by atoms with van der Waals surface area (Å²) >= 11 is 0. The van der Waals surface area contributed by atoms with E-state index in [4.69, 9.17) is 5.11 Å². The van der Waals surface area contributed by atoms with Gasteiger partial charge in [-0.25, -0.2) is 0 Å². The van der Waals surface area contributed by atoms with Gasteiger partial charge in [-0.2, -0.15) is 0 Å². The summed E-state index contributed by atoms with van der Waals surface area (Å²) in [6, 6.07) is 6.92. The molecule has 0 fully saturated rings. The normalized spacial score (nSPS) is 8.10. The Morgan fingerprint density at radius 1 is 1.20 bits per heavy atom. The highest BCUT2D eigenvalue weighted by molar-refractivity contribution is 8.93. The molecule has 0 radical (unpaired) electrons. The van der Waals surface area contributed by atoms with Gasteiger partial charge in [0, 0.05) is 12.7 Å². The summed E-state index contributed by atoms with van der Waals surface area (Å²) in [5.74, 6) is 0.300. The topological polar surface area (TPSA) is 32.3 Å². The van der Waals surface area contributed by atoms with Gasteiger partial charge in [0.2, 0.25) is 0 Å². The van der Waals surface area contributed by atoms with Crippen LogP contribution in [-0.4, -0.2) is 12.2 Å². The highest BCUT2D eigenvalue weighted by Gasteiger charge is 1.85. The van der Waals surface area contributed by atoms with Crippen molar-refractivity contribution in [3.63, 3.8) is 0 Å². The van der Waals surface area contributed by atoms with Crippen LogP contribution in [0, 0.1) is 0 Å². The second kappa shape index (κ2) is 4.17. The molecule has 0 unspecified atom stereocenters. The Morgan fingerprint density at radius 3 is 2.10 bits per heavy atom. The van der Waals surface area contributed by atoms with Gasteiger partial charge in [0.25, 0.3) is 0 Å². The van der Waals surface area contributed by atoms with Crippen LogP contribution in [0.15, 0.2) is 24.3 Å². The van der Waals surface area contributed by atoms with Crippen molar-refractivity contribution in [2.75, 3.05) is 12.4 Å². The quantitative estimate of drug-likeness (QED) is 0.685. The number of aromatic hydroxyl groups is 1. The van der Waals surface area contributed by atoms with Crippen LogP contribution in [0.2, 0.25) is 0 Å². The van der Waals surface area contributed by atoms with E-state index in [1.165, 1.54) is 0 Å². The Kier molecular flexibility index (Phi) is 3.88. The Morgan fingerprint density at radius 2 is 1.70 bits per heavy atom. The number of nitrogens with one attached hydrogen (secondary N) is 1. The van der Waals surface area contributed by atoms with E-state index in [2.05, 4.69) is 5.32 Å². The van der Waals surface area contributed by atoms with Crippen molar-refractivity contribution in [2.24, 2.45) is 0 Å². The van der Waals surface area contributed by atoms with Crippen LogP contribution < -0.4 is 5.32 Å². The van der Waals surface area contributed by atoms with Crippen molar-refractivity contribution in [3.8, 4) is 5.75 Å². The van der Waals surface area contributed by atoms with Gasteiger partial charge in [0.05, 0.1) is 0 Å². The zero-order valence-corrected chi connectivity index (χ0v) is 7.38. The third-order valence-electron chi connectivity index (χ3n) is 1.16. The summed E-state index contributed by atoms with van der Waals surface area (Å²) in [5, 5.41) is 11.8. The number of anilines is 1. The lowest BCUT2D eigenvalue weighted by atomic mass is 10.3. The number of phenols is 1. The first-order valence-corrected chi connectivity index (χ1v) is 2.79. The number of hydrogen-bond donors (Lipinski definition) is 2. The first kappa shape index (κ1) is 9.30. The molecule has 0 aliphatic heterocycles. The Bertz CT molecular complexity index is 185. The molecule has 0 bridgehead atoms. The molecule has 0 aromatic heterocycles. The molecule has 0 spiro atoms. The molecule has 0 heterocycles. The molecule has 1 rings (SSSR count). The number of benzene rings is 1. The largest absolute Gasteiger partial charge is 0.508 e. The lowest BCUT2D eigenvalue weighted by Gasteiger charge is -1.96. The summed E-state index contributed by atoms with van der Waals surface area (Å²) in [6.45, 7) is 0. The second-order valence-electron chi connectivity index (χ2n) is 1.80. The molecule has 1 aromatic carbocycles. The van der Waals surface area contributed by atoms with Gasteiger partial charge in [-0.1, -0.05) is 0 Å². The predicted molar refractivity (Wildman–Crippen MR) is 48.0 cm³/mol. The van der Waals surface area contributed by atoms with E-state index in [0.717, 1.165) is 5.69 Å². The van der Waals surface area contributed by atoms with Gasteiger partial charge < -0.3 is 10.4 Å². The van der Waals surface area contributed by atoms with Gasteiger partial charge >= 0.3 is 0 Å². The van der Waals surface area contributed by atoms with Gasteiger partial charge in [0.15, 0.2) is 0 Å². The lowest BCUT2D eigenvalue weighted by Crippen LogP contribution is -1.84. The Balaban J connectivity index is 0.000000810. The minimum absolute atomic E-state index is 0. The number of rotatable bonds is 1. The maximum atomic E-state index is 8.82. The van der Waals surface area contributed by atoms with Crippen LogP contribution in [0.25, 0.3) is 0 Å². The Hall–Kier alpha value is -0.700. The fraction of sp³-hybridized carbons (Fsp3) is 0.143. The molecule has 3 heteroatoms. The van der Waals surface area contributed by atoms with E-state index in [1.54, 1.807) is 12.1 Å². The second-order valence-corrected chi connectivity index (χ2v) is 1.80. The summed E-state index contributed by atoms with van der Waals surface area (Å²) in [6.07, 6.45) is 0. The Labute approximate surface area is 70.7 Å². The molecule has 10 heavy (non-hydrogen) atoms. The average Bonchev–Trinajstić information content (AvgIpc) is 1.90. The highest BCUT2D eigenvalue weighted by Crippen LogP contribution is 2.12. The molecule has 0 aliphatic rings. The van der Waals surface area contributed by atoms with Crippen LogP contribution in [0.3, 0.4) is 0 Å². The molecular weight excluding hydrogens is 194 g/mol. The van der Waals surface area contributed by atoms with Crippen LogP contribution in [0.5, 0.6) is 5.75 Å². The molecule has 0 saturated heterocycles. The van der Waals surface area contributed by atoms with Gasteiger partial charge in [-0.15, -0.1) is 17.0 Å². The van der Waals surface area contributed by atoms with Gasteiger partial charge in [0.1, 0.15) is 5.75 Å². The summed E-state index contributed by atoms with van der Waals surface area (Å²) in [4.78, 5) is 0. The SMILES string of the molecule is Br.CNc1ccc(O)cc1. The van der Waals surface area contributed by atoms with Crippen molar-refractivity contribution in [2.45, 2.75) is 0 Å². The molecule has 56 valence electrons. The number of hydrogen-bond acceptors (Lipinski definition) is 2. The van der Waals surface area contributed by atoms with Crippen LogP contribution in [0.1, 0.15) is 0 Å².